The Morgan fingerprint density at radius 1 is 0.821 bits per heavy atom. The van der Waals surface area contributed by atoms with Crippen LogP contribution in [0.2, 0.25) is 0 Å². The van der Waals surface area contributed by atoms with E-state index in [1.165, 1.54) is 16.7 Å². The van der Waals surface area contributed by atoms with Gasteiger partial charge in [0.1, 0.15) is 11.5 Å². The van der Waals surface area contributed by atoms with E-state index in [4.69, 9.17) is 9.47 Å². The second kappa shape index (κ2) is 11.2. The minimum atomic E-state index is 0.801. The summed E-state index contributed by atoms with van der Waals surface area (Å²) in [5.74, 6) is 1.72. The number of methoxy groups -OCH3 is 2. The highest BCUT2D eigenvalue weighted by molar-refractivity contribution is 5.71. The Hall–Kier alpha value is -2.74. The molecule has 2 heteroatoms. The molecular weight excluding hydrogens is 344 g/mol. The van der Waals surface area contributed by atoms with Gasteiger partial charge in [0.25, 0.3) is 0 Å². The fraction of sp³-hybridized carbons (Fsp3) is 0.308. The van der Waals surface area contributed by atoms with Crippen molar-refractivity contribution in [3.05, 3.63) is 82.5 Å². The lowest BCUT2D eigenvalue weighted by Gasteiger charge is -2.14. The summed E-state index contributed by atoms with van der Waals surface area (Å²) in [6.07, 6.45) is 11.7. The molecule has 0 aliphatic heterocycles. The third-order valence-electron chi connectivity index (χ3n) is 4.64. The van der Waals surface area contributed by atoms with Gasteiger partial charge in [-0.15, -0.1) is 0 Å². The lowest BCUT2D eigenvalue weighted by atomic mass is 10.0. The molecule has 2 aromatic rings. The number of benzene rings is 2. The quantitative estimate of drug-likeness (QED) is 0.343. The highest BCUT2D eigenvalue weighted by Gasteiger charge is 2.11. The minimum Gasteiger partial charge on any atom is -0.496 e. The Morgan fingerprint density at radius 2 is 1.43 bits per heavy atom. The Kier molecular flexibility index (Phi) is 8.61. The van der Waals surface area contributed by atoms with Gasteiger partial charge in [-0.2, -0.15) is 0 Å². The van der Waals surface area contributed by atoms with Gasteiger partial charge < -0.3 is 9.47 Å². The molecule has 148 valence electrons. The zero-order valence-electron chi connectivity index (χ0n) is 17.8. The summed E-state index contributed by atoms with van der Waals surface area (Å²) in [5.41, 5.74) is 6.07. The van der Waals surface area contributed by atoms with Gasteiger partial charge in [-0.05, 0) is 63.3 Å². The standard InChI is InChI=1S/C26H32O2/c1-20(2)10-9-11-21(3)14-17-24-25(27-4)18-23(19-26(24)28-5)16-15-22-12-7-6-8-13-22/h6-8,10,12-16,18-19H,9,11,17H2,1-5H3/b16-15+,21-14+. The molecule has 0 spiro atoms. The van der Waals surface area contributed by atoms with Crippen molar-refractivity contribution in [2.75, 3.05) is 14.2 Å². The Morgan fingerprint density at radius 3 is 2.00 bits per heavy atom. The third-order valence-corrected chi connectivity index (χ3v) is 4.64. The van der Waals surface area contributed by atoms with Crippen LogP contribution < -0.4 is 9.47 Å². The highest BCUT2D eigenvalue weighted by Crippen LogP contribution is 2.32. The van der Waals surface area contributed by atoms with Crippen LogP contribution in [0.25, 0.3) is 12.2 Å². The smallest absolute Gasteiger partial charge is 0.126 e. The molecule has 0 aliphatic rings. The molecule has 0 radical (unpaired) electrons. The molecule has 2 nitrogen and oxygen atoms in total. The summed E-state index contributed by atoms with van der Waals surface area (Å²) < 4.78 is 11.3. The van der Waals surface area contributed by atoms with E-state index in [1.54, 1.807) is 14.2 Å². The number of ether oxygens (including phenoxy) is 2. The molecule has 0 N–H and O–H groups in total. The maximum atomic E-state index is 5.67. The zero-order chi connectivity index (χ0) is 20.4. The summed E-state index contributed by atoms with van der Waals surface area (Å²) in [7, 11) is 3.43. The Labute approximate surface area is 170 Å². The lowest BCUT2D eigenvalue weighted by Crippen LogP contribution is -1.97. The van der Waals surface area contributed by atoms with Crippen molar-refractivity contribution >= 4 is 12.2 Å². The van der Waals surface area contributed by atoms with Crippen molar-refractivity contribution in [1.82, 2.24) is 0 Å². The van der Waals surface area contributed by atoms with Gasteiger partial charge in [0.2, 0.25) is 0 Å². The molecule has 0 saturated carbocycles. The normalized spacial score (nSPS) is 11.5. The molecule has 0 atom stereocenters. The molecule has 0 amide bonds. The fourth-order valence-electron chi connectivity index (χ4n) is 3.03. The maximum absolute atomic E-state index is 5.67. The van der Waals surface area contributed by atoms with E-state index in [2.05, 4.69) is 69.3 Å². The molecule has 2 rings (SSSR count). The third kappa shape index (κ3) is 6.77. The first-order chi connectivity index (χ1) is 13.5. The van der Waals surface area contributed by atoms with E-state index in [1.807, 2.05) is 18.2 Å². The zero-order valence-corrected chi connectivity index (χ0v) is 17.8. The van der Waals surface area contributed by atoms with E-state index in [0.29, 0.717) is 0 Å². The molecule has 0 heterocycles. The van der Waals surface area contributed by atoms with E-state index >= 15 is 0 Å². The monoisotopic (exact) mass is 376 g/mol. The van der Waals surface area contributed by atoms with Crippen LogP contribution in [0.3, 0.4) is 0 Å². The van der Waals surface area contributed by atoms with E-state index in [9.17, 15) is 0 Å². The number of allylic oxidation sites excluding steroid dienone is 4. The first-order valence-corrected chi connectivity index (χ1v) is 9.80. The molecule has 28 heavy (non-hydrogen) atoms. The van der Waals surface area contributed by atoms with Crippen LogP contribution in [-0.4, -0.2) is 14.2 Å². The molecule has 0 bridgehead atoms. The van der Waals surface area contributed by atoms with Crippen molar-refractivity contribution in [3.63, 3.8) is 0 Å². The summed E-state index contributed by atoms with van der Waals surface area (Å²) in [6, 6.07) is 14.4. The van der Waals surface area contributed by atoms with Gasteiger partial charge in [-0.25, -0.2) is 0 Å². The van der Waals surface area contributed by atoms with Crippen molar-refractivity contribution in [2.24, 2.45) is 0 Å². The summed E-state index contributed by atoms with van der Waals surface area (Å²) in [4.78, 5) is 0. The van der Waals surface area contributed by atoms with Crippen LogP contribution in [0.4, 0.5) is 0 Å². The molecule has 0 unspecified atom stereocenters. The van der Waals surface area contributed by atoms with Gasteiger partial charge in [0, 0.05) is 5.56 Å². The van der Waals surface area contributed by atoms with Gasteiger partial charge in [0.15, 0.2) is 0 Å². The second-order valence-corrected chi connectivity index (χ2v) is 7.22. The topological polar surface area (TPSA) is 18.5 Å². The fourth-order valence-corrected chi connectivity index (χ4v) is 3.03. The van der Waals surface area contributed by atoms with Crippen LogP contribution in [-0.2, 0) is 6.42 Å². The van der Waals surface area contributed by atoms with Crippen molar-refractivity contribution in [1.29, 1.82) is 0 Å². The predicted molar refractivity (Wildman–Crippen MR) is 121 cm³/mol. The van der Waals surface area contributed by atoms with Gasteiger partial charge in [0.05, 0.1) is 14.2 Å². The summed E-state index contributed by atoms with van der Waals surface area (Å²) >= 11 is 0. The van der Waals surface area contributed by atoms with Crippen LogP contribution in [0.5, 0.6) is 11.5 Å². The van der Waals surface area contributed by atoms with E-state index < -0.39 is 0 Å². The van der Waals surface area contributed by atoms with Crippen molar-refractivity contribution in [3.8, 4) is 11.5 Å². The molecule has 0 aromatic heterocycles. The summed E-state index contributed by atoms with van der Waals surface area (Å²) in [5, 5.41) is 0. The SMILES string of the molecule is COc1cc(/C=C/c2ccccc2)cc(OC)c1C/C=C(\C)CCC=C(C)C. The average molecular weight is 377 g/mol. The van der Waals surface area contributed by atoms with Crippen molar-refractivity contribution < 1.29 is 9.47 Å². The number of rotatable bonds is 9. The lowest BCUT2D eigenvalue weighted by molar-refractivity contribution is 0.387. The molecule has 0 aliphatic carbocycles. The van der Waals surface area contributed by atoms with Crippen LogP contribution >= 0.6 is 0 Å². The number of hydrogen-bond acceptors (Lipinski definition) is 2. The molecular formula is C26H32O2. The molecule has 2 aromatic carbocycles. The average Bonchev–Trinajstić information content (AvgIpc) is 2.70. The van der Waals surface area contributed by atoms with Crippen molar-refractivity contribution in [2.45, 2.75) is 40.0 Å². The van der Waals surface area contributed by atoms with Gasteiger partial charge >= 0.3 is 0 Å². The first-order valence-electron chi connectivity index (χ1n) is 9.80. The van der Waals surface area contributed by atoms with Gasteiger partial charge in [-0.3, -0.25) is 0 Å². The van der Waals surface area contributed by atoms with Crippen LogP contribution in [0.1, 0.15) is 50.3 Å². The van der Waals surface area contributed by atoms with Crippen LogP contribution in [0, 0.1) is 0 Å². The predicted octanol–water partition coefficient (Wildman–Crippen LogP) is 7.11. The molecule has 0 fully saturated rings. The van der Waals surface area contributed by atoms with E-state index in [-0.39, 0.29) is 0 Å². The largest absolute Gasteiger partial charge is 0.496 e. The molecule has 0 saturated heterocycles. The first kappa shape index (κ1) is 21.6. The minimum absolute atomic E-state index is 0.801. The maximum Gasteiger partial charge on any atom is 0.126 e. The Balaban J connectivity index is 2.20. The van der Waals surface area contributed by atoms with Crippen LogP contribution in [0.15, 0.2) is 65.8 Å². The highest BCUT2D eigenvalue weighted by atomic mass is 16.5. The second-order valence-electron chi connectivity index (χ2n) is 7.22. The van der Waals surface area contributed by atoms with Gasteiger partial charge in [-0.1, -0.05) is 65.8 Å². The summed E-state index contributed by atoms with van der Waals surface area (Å²) in [6.45, 7) is 6.47. The number of hydrogen-bond donors (Lipinski definition) is 0. The van der Waals surface area contributed by atoms with E-state index in [0.717, 1.165) is 41.9 Å². The Bertz CT molecular complexity index is 813.